The van der Waals surface area contributed by atoms with E-state index in [1.54, 1.807) is 13.0 Å². The third-order valence-electron chi connectivity index (χ3n) is 4.01. The number of carbonyl (C=O) groups is 2. The second kappa shape index (κ2) is 11.5. The van der Waals surface area contributed by atoms with Crippen LogP contribution in [0.2, 0.25) is 0 Å². The average molecular weight is 418 g/mol. The van der Waals surface area contributed by atoms with E-state index in [1.165, 1.54) is 30.4 Å². The van der Waals surface area contributed by atoms with Crippen molar-refractivity contribution in [3.8, 4) is 11.5 Å². The van der Waals surface area contributed by atoms with Crippen molar-refractivity contribution in [1.29, 1.82) is 0 Å². The van der Waals surface area contributed by atoms with Crippen LogP contribution in [0.5, 0.6) is 11.5 Å². The minimum atomic E-state index is -2.97. The minimum absolute atomic E-state index is 0.0857. The molecule has 0 radical (unpaired) electrons. The first-order valence-electron chi connectivity index (χ1n) is 9.48. The van der Waals surface area contributed by atoms with Gasteiger partial charge in [0.1, 0.15) is 0 Å². The van der Waals surface area contributed by atoms with Crippen molar-refractivity contribution in [2.45, 2.75) is 26.9 Å². The Morgan fingerprint density at radius 2 is 1.87 bits per heavy atom. The number of rotatable bonds is 10. The summed E-state index contributed by atoms with van der Waals surface area (Å²) >= 11 is 0. The highest BCUT2D eigenvalue weighted by Gasteiger charge is 2.11. The number of carbonyl (C=O) groups excluding carboxylic acids is 2. The van der Waals surface area contributed by atoms with Gasteiger partial charge in [0.25, 0.3) is 0 Å². The molecule has 2 amide bonds. The number of amides is 2. The number of hydrogen-bond donors (Lipinski definition) is 2. The maximum absolute atomic E-state index is 12.4. The van der Waals surface area contributed by atoms with Gasteiger partial charge in [-0.3, -0.25) is 9.59 Å². The SMILES string of the molecule is CCOc1cc(/C=C/C(=O)NCC(=O)Nc2ccccc2CC)ccc1OC(F)F. The standard InChI is InChI=1S/C22H24F2N2O4/c1-3-16-7-5-6-8-17(16)26-21(28)14-25-20(27)12-10-15-9-11-18(30-22(23)24)19(13-15)29-4-2/h5-13,22H,3-4,14H2,1-2H3,(H,25,27)(H,26,28)/b12-10+. The fraction of sp³-hybridized carbons (Fsp3) is 0.273. The lowest BCUT2D eigenvalue weighted by Gasteiger charge is -2.11. The molecular weight excluding hydrogens is 394 g/mol. The van der Waals surface area contributed by atoms with E-state index >= 15 is 0 Å². The second-order valence-corrected chi connectivity index (χ2v) is 6.13. The molecule has 8 heteroatoms. The molecule has 2 aromatic carbocycles. The molecule has 0 aliphatic heterocycles. The molecule has 0 aliphatic rings. The normalized spacial score (nSPS) is 10.8. The molecule has 30 heavy (non-hydrogen) atoms. The molecule has 2 aromatic rings. The van der Waals surface area contributed by atoms with Crippen LogP contribution in [0.15, 0.2) is 48.5 Å². The predicted octanol–water partition coefficient (Wildman–Crippen LogP) is 4.02. The topological polar surface area (TPSA) is 76.7 Å². The quantitative estimate of drug-likeness (QED) is 0.572. The molecule has 0 heterocycles. The van der Waals surface area contributed by atoms with Gasteiger partial charge in [-0.2, -0.15) is 8.78 Å². The van der Waals surface area contributed by atoms with Gasteiger partial charge in [-0.1, -0.05) is 31.2 Å². The number of aryl methyl sites for hydroxylation is 1. The van der Waals surface area contributed by atoms with E-state index < -0.39 is 12.5 Å². The average Bonchev–Trinajstić information content (AvgIpc) is 2.72. The summed E-state index contributed by atoms with van der Waals surface area (Å²) in [7, 11) is 0. The highest BCUT2D eigenvalue weighted by molar-refractivity contribution is 5.98. The van der Waals surface area contributed by atoms with Gasteiger partial charge in [-0.25, -0.2) is 0 Å². The number of benzene rings is 2. The van der Waals surface area contributed by atoms with E-state index in [2.05, 4.69) is 15.4 Å². The molecule has 2 N–H and O–H groups in total. The highest BCUT2D eigenvalue weighted by atomic mass is 19.3. The summed E-state index contributed by atoms with van der Waals surface area (Å²) in [5.41, 5.74) is 2.27. The molecule has 6 nitrogen and oxygen atoms in total. The minimum Gasteiger partial charge on any atom is -0.490 e. The molecular formula is C22H24F2N2O4. The molecule has 0 unspecified atom stereocenters. The third kappa shape index (κ3) is 7.20. The van der Waals surface area contributed by atoms with Crippen LogP contribution in [0.25, 0.3) is 6.08 Å². The number of ether oxygens (including phenoxy) is 2. The van der Waals surface area contributed by atoms with Gasteiger partial charge in [0.2, 0.25) is 11.8 Å². The highest BCUT2D eigenvalue weighted by Crippen LogP contribution is 2.30. The number of nitrogens with one attached hydrogen (secondary N) is 2. The number of hydrogen-bond acceptors (Lipinski definition) is 4. The van der Waals surface area contributed by atoms with Crippen LogP contribution in [-0.4, -0.2) is 31.6 Å². The Kier molecular flexibility index (Phi) is 8.80. The van der Waals surface area contributed by atoms with E-state index in [9.17, 15) is 18.4 Å². The first-order chi connectivity index (χ1) is 14.4. The fourth-order valence-electron chi connectivity index (χ4n) is 2.63. The van der Waals surface area contributed by atoms with E-state index in [0.29, 0.717) is 11.3 Å². The smallest absolute Gasteiger partial charge is 0.387 e. The van der Waals surface area contributed by atoms with Crippen LogP contribution >= 0.6 is 0 Å². The first-order valence-corrected chi connectivity index (χ1v) is 9.48. The number of anilines is 1. The largest absolute Gasteiger partial charge is 0.490 e. The van der Waals surface area contributed by atoms with Crippen LogP contribution < -0.4 is 20.1 Å². The zero-order valence-electron chi connectivity index (χ0n) is 16.8. The summed E-state index contributed by atoms with van der Waals surface area (Å²) in [5, 5.41) is 5.26. The summed E-state index contributed by atoms with van der Waals surface area (Å²) in [5.74, 6) is -0.753. The number of alkyl halides is 2. The Balaban J connectivity index is 1.92. The van der Waals surface area contributed by atoms with Crippen LogP contribution in [0.3, 0.4) is 0 Å². The Morgan fingerprint density at radius 1 is 1.10 bits per heavy atom. The number of halogens is 2. The van der Waals surface area contributed by atoms with Crippen molar-refractivity contribution >= 4 is 23.6 Å². The predicted molar refractivity (Wildman–Crippen MR) is 111 cm³/mol. The van der Waals surface area contributed by atoms with E-state index in [4.69, 9.17) is 4.74 Å². The molecule has 0 bridgehead atoms. The van der Waals surface area contributed by atoms with Crippen molar-refractivity contribution in [2.75, 3.05) is 18.5 Å². The number of para-hydroxylation sites is 1. The molecule has 0 saturated heterocycles. The Morgan fingerprint density at radius 3 is 2.57 bits per heavy atom. The maximum Gasteiger partial charge on any atom is 0.387 e. The van der Waals surface area contributed by atoms with Crippen molar-refractivity contribution in [1.82, 2.24) is 5.32 Å². The lowest BCUT2D eigenvalue weighted by Crippen LogP contribution is -2.31. The van der Waals surface area contributed by atoms with Gasteiger partial charge < -0.3 is 20.1 Å². The van der Waals surface area contributed by atoms with Gasteiger partial charge in [0.05, 0.1) is 13.2 Å². The van der Waals surface area contributed by atoms with Gasteiger partial charge in [0, 0.05) is 11.8 Å². The zero-order valence-corrected chi connectivity index (χ0v) is 16.8. The zero-order chi connectivity index (χ0) is 21.9. The summed E-state index contributed by atoms with van der Waals surface area (Å²) in [6, 6.07) is 11.8. The molecule has 0 saturated carbocycles. The van der Waals surface area contributed by atoms with Gasteiger partial charge in [0.15, 0.2) is 11.5 Å². The molecule has 0 fully saturated rings. The van der Waals surface area contributed by atoms with Crippen LogP contribution in [0, 0.1) is 0 Å². The molecule has 0 spiro atoms. The van der Waals surface area contributed by atoms with E-state index in [-0.39, 0.29) is 30.6 Å². The first kappa shape index (κ1) is 22.9. The molecule has 0 aliphatic carbocycles. The van der Waals surface area contributed by atoms with Crippen molar-refractivity contribution < 1.29 is 27.8 Å². The van der Waals surface area contributed by atoms with Gasteiger partial charge >= 0.3 is 6.61 Å². The Bertz CT molecular complexity index is 900. The monoisotopic (exact) mass is 418 g/mol. The summed E-state index contributed by atoms with van der Waals surface area (Å²) in [4.78, 5) is 24.0. The molecule has 2 rings (SSSR count). The van der Waals surface area contributed by atoms with E-state index in [1.807, 2.05) is 25.1 Å². The van der Waals surface area contributed by atoms with E-state index in [0.717, 1.165) is 12.0 Å². The molecule has 160 valence electrons. The lowest BCUT2D eigenvalue weighted by molar-refractivity contribution is -0.121. The summed E-state index contributed by atoms with van der Waals surface area (Å²) in [6.45, 7) is 0.815. The lowest BCUT2D eigenvalue weighted by atomic mass is 10.1. The summed E-state index contributed by atoms with van der Waals surface area (Å²) < 4.78 is 34.6. The van der Waals surface area contributed by atoms with Crippen molar-refractivity contribution in [3.63, 3.8) is 0 Å². The van der Waals surface area contributed by atoms with Crippen molar-refractivity contribution in [3.05, 3.63) is 59.7 Å². The van der Waals surface area contributed by atoms with Crippen molar-refractivity contribution in [2.24, 2.45) is 0 Å². The van der Waals surface area contributed by atoms with Crippen LogP contribution in [0.4, 0.5) is 14.5 Å². The fourth-order valence-corrected chi connectivity index (χ4v) is 2.63. The maximum atomic E-state index is 12.4. The van der Waals surface area contributed by atoms with Crippen LogP contribution in [0.1, 0.15) is 25.0 Å². The Hall–Kier alpha value is -3.42. The van der Waals surface area contributed by atoms with Gasteiger partial charge in [-0.05, 0) is 48.7 Å². The Labute approximate surface area is 173 Å². The third-order valence-corrected chi connectivity index (χ3v) is 4.01. The van der Waals surface area contributed by atoms with Gasteiger partial charge in [-0.15, -0.1) is 0 Å². The van der Waals surface area contributed by atoms with Crippen LogP contribution in [-0.2, 0) is 16.0 Å². The molecule has 0 atom stereocenters. The molecule has 0 aromatic heterocycles. The second-order valence-electron chi connectivity index (χ2n) is 6.13. The summed E-state index contributed by atoms with van der Waals surface area (Å²) in [6.07, 6.45) is 3.50.